The smallest absolute Gasteiger partial charge is 0.275 e. The Labute approximate surface area is 344 Å². The predicted molar refractivity (Wildman–Crippen MR) is 213 cm³/mol. The van der Waals surface area contributed by atoms with E-state index in [9.17, 15) is 44.1 Å². The molecule has 9 N–H and O–H groups in total. The molecule has 2 fully saturated rings. The van der Waals surface area contributed by atoms with Gasteiger partial charge in [0.05, 0.1) is 32.1 Å². The number of nitrogens with one attached hydrogen (secondary N) is 6. The van der Waals surface area contributed by atoms with Crippen LogP contribution >= 0.6 is 0 Å². The van der Waals surface area contributed by atoms with Gasteiger partial charge < -0.3 is 56.1 Å². The van der Waals surface area contributed by atoms with Gasteiger partial charge in [0, 0.05) is 49.2 Å². The van der Waals surface area contributed by atoms with Crippen molar-refractivity contribution < 1.29 is 53.3 Å². The monoisotopic (exact) mass is 834 g/mol. The van der Waals surface area contributed by atoms with Crippen LogP contribution in [-0.4, -0.2) is 156 Å². The molecule has 6 rings (SSSR count). The minimum Gasteiger partial charge on any atom is -0.394 e. The van der Waals surface area contributed by atoms with E-state index in [0.29, 0.717) is 27.9 Å². The predicted octanol–water partition coefficient (Wildman–Crippen LogP) is -1.60. The van der Waals surface area contributed by atoms with E-state index in [-0.39, 0.29) is 37.2 Å². The average molecular weight is 835 g/mol. The van der Waals surface area contributed by atoms with Gasteiger partial charge in [-0.15, -0.1) is 0 Å². The first-order valence-electron chi connectivity index (χ1n) is 19.9. The van der Waals surface area contributed by atoms with Crippen LogP contribution in [-0.2, 0) is 40.0 Å². The number of H-pyrrole nitrogens is 1. The van der Waals surface area contributed by atoms with Crippen molar-refractivity contribution in [1.82, 2.24) is 40.8 Å². The molecule has 0 aliphatic carbocycles. The molecule has 3 aromatic rings. The Hall–Kier alpha value is -5.87. The van der Waals surface area contributed by atoms with Crippen molar-refractivity contribution >= 4 is 58.1 Å². The number of aliphatic hydroxyl groups is 3. The van der Waals surface area contributed by atoms with E-state index in [1.54, 1.807) is 26.0 Å². The summed E-state index contributed by atoms with van der Waals surface area (Å²) in [6.07, 6.45) is 1.37. The molecule has 7 atom stereocenters. The lowest BCUT2D eigenvalue weighted by atomic mass is 9.95. The maximum atomic E-state index is 13.6. The number of aromatic amines is 1. The molecule has 322 valence electrons. The van der Waals surface area contributed by atoms with Gasteiger partial charge in [-0.1, -0.05) is 26.0 Å². The number of hydrogen-bond donors (Lipinski definition) is 9. The minimum atomic E-state index is -1.50. The first kappa shape index (κ1) is 43.7. The summed E-state index contributed by atoms with van der Waals surface area (Å²) in [5, 5.41) is 46.1. The fourth-order valence-corrected chi connectivity index (χ4v) is 7.69. The molecule has 0 unspecified atom stereocenters. The average Bonchev–Trinajstić information content (AvgIpc) is 3.97. The molecule has 3 aliphatic rings. The van der Waals surface area contributed by atoms with E-state index >= 15 is 0 Å². The number of anilines is 2. The Morgan fingerprint density at radius 1 is 0.933 bits per heavy atom. The number of nitrogens with zero attached hydrogens (tertiary/aromatic N) is 5. The number of carbonyl (C=O) groups is 6. The number of quaternary nitrogens is 1. The first-order valence-corrected chi connectivity index (χ1v) is 19.9. The van der Waals surface area contributed by atoms with Crippen LogP contribution in [0, 0.1) is 5.92 Å². The highest BCUT2D eigenvalue weighted by molar-refractivity contribution is 6.13. The van der Waals surface area contributed by atoms with E-state index < -0.39 is 78.8 Å². The molecule has 60 heavy (non-hydrogen) atoms. The number of carbonyl (C=O) groups excluding carboxylic acids is 6. The fourth-order valence-electron chi connectivity index (χ4n) is 7.69. The number of aromatic nitrogens is 4. The molecule has 1 aromatic carbocycles. The molecule has 2 aromatic heterocycles. The number of rotatable bonds is 17. The standard InChI is InChI=1S/C39H51N11O10/c1-21(2)30(46-26(52)12-13-49-28(54)10-11-29(49)55)38(59)44-22(3)37(58)45-24-8-6-23(7-9-24)16-50(14-4-5-15-50)17-27(53)47-31-25(18-51)60-39(34(57)33(31)56)48-36-32-35(41-19-40-32)42-20-43-36/h6-11,19-22,25,30-31,33-34,39,51,56-57H,4-5,12-18H2,1-3H3,(H5-,40,41,42,43,44,45,46,47,48,52,53,54,55,58,59)/p+1/t22-,25-,30-,31-,33+,34-,39-/m0/s1. The molecule has 3 aliphatic heterocycles. The lowest BCUT2D eigenvalue weighted by Crippen LogP contribution is -2.66. The maximum absolute atomic E-state index is 13.6. The molecule has 2 saturated heterocycles. The number of aliphatic hydroxyl groups excluding tert-OH is 3. The molecular weight excluding hydrogens is 782 g/mol. The second kappa shape index (κ2) is 19.0. The van der Waals surface area contributed by atoms with Crippen LogP contribution in [0.1, 0.15) is 45.6 Å². The van der Waals surface area contributed by atoms with E-state index in [0.717, 1.165) is 48.5 Å². The number of ether oxygens (including phenoxy) is 1. The van der Waals surface area contributed by atoms with Gasteiger partial charge in [0.1, 0.15) is 48.8 Å². The molecule has 5 heterocycles. The number of likely N-dealkylation sites (tertiary alicyclic amines) is 1. The molecular formula is C39H52N11O10+. The van der Waals surface area contributed by atoms with Crippen LogP contribution in [0.2, 0.25) is 0 Å². The first-order chi connectivity index (χ1) is 28.7. The Morgan fingerprint density at radius 3 is 2.30 bits per heavy atom. The summed E-state index contributed by atoms with van der Waals surface area (Å²) in [5.41, 5.74) is 2.22. The van der Waals surface area contributed by atoms with Crippen molar-refractivity contribution in [3.8, 4) is 0 Å². The molecule has 6 amide bonds. The molecule has 0 saturated carbocycles. The second-order valence-electron chi connectivity index (χ2n) is 15.7. The number of imidazole rings is 1. The molecule has 0 radical (unpaired) electrons. The fraction of sp³-hybridized carbons (Fsp3) is 0.513. The number of hydrogen-bond acceptors (Lipinski definition) is 14. The Morgan fingerprint density at radius 2 is 1.63 bits per heavy atom. The molecule has 0 spiro atoms. The van der Waals surface area contributed by atoms with E-state index in [4.69, 9.17) is 4.74 Å². The van der Waals surface area contributed by atoms with Crippen LogP contribution in [0.15, 0.2) is 49.1 Å². The normalized spacial score (nSPS) is 23.4. The molecule has 21 heteroatoms. The van der Waals surface area contributed by atoms with Gasteiger partial charge in [-0.2, -0.15) is 0 Å². The summed E-state index contributed by atoms with van der Waals surface area (Å²) in [6.45, 7) is 6.32. The highest BCUT2D eigenvalue weighted by Gasteiger charge is 2.46. The SMILES string of the molecule is CC(C)[C@H](NC(=O)CCN1C(=O)C=CC1=O)C(=O)N[C@@H](C)C(=O)Nc1ccc(C[N+]2(CC(=O)N[C@@H]3[C@@H](O)[C@H](O)[C@@H](Nc4ncnc5nc[nH]c45)O[C@H]3CO)CCCC2)cc1. The van der Waals surface area contributed by atoms with Gasteiger partial charge in [-0.25, -0.2) is 15.0 Å². The largest absolute Gasteiger partial charge is 0.394 e. The number of imide groups is 1. The van der Waals surface area contributed by atoms with Crippen molar-refractivity contribution in [2.75, 3.05) is 43.4 Å². The number of amides is 6. The third kappa shape index (κ3) is 10.3. The van der Waals surface area contributed by atoms with Crippen molar-refractivity contribution in [2.45, 2.75) is 89.2 Å². The van der Waals surface area contributed by atoms with E-state index in [1.807, 2.05) is 12.1 Å². The zero-order valence-corrected chi connectivity index (χ0v) is 33.5. The second-order valence-corrected chi connectivity index (χ2v) is 15.7. The summed E-state index contributed by atoms with van der Waals surface area (Å²) >= 11 is 0. The van der Waals surface area contributed by atoms with Crippen molar-refractivity contribution in [3.05, 3.63) is 54.6 Å². The summed E-state index contributed by atoms with van der Waals surface area (Å²) in [7, 11) is 0. The number of benzene rings is 1. The van der Waals surface area contributed by atoms with Gasteiger partial charge in [-0.05, 0) is 25.0 Å². The van der Waals surface area contributed by atoms with Gasteiger partial charge >= 0.3 is 0 Å². The topological polar surface area (TPSA) is 290 Å². The maximum Gasteiger partial charge on any atom is 0.275 e. The Kier molecular flexibility index (Phi) is 13.9. The number of fused-ring (bicyclic) bond motifs is 1. The summed E-state index contributed by atoms with van der Waals surface area (Å²) in [5.74, 6) is -3.05. The van der Waals surface area contributed by atoms with Crippen LogP contribution in [0.5, 0.6) is 0 Å². The Bertz CT molecular complexity index is 2070. The van der Waals surface area contributed by atoms with Gasteiger partial charge in [0.25, 0.3) is 17.7 Å². The van der Waals surface area contributed by atoms with Crippen LogP contribution in [0.4, 0.5) is 11.5 Å². The third-order valence-corrected chi connectivity index (χ3v) is 11.0. The van der Waals surface area contributed by atoms with Crippen molar-refractivity contribution in [1.29, 1.82) is 0 Å². The zero-order valence-electron chi connectivity index (χ0n) is 33.5. The van der Waals surface area contributed by atoms with E-state index in [1.165, 1.54) is 19.6 Å². The van der Waals surface area contributed by atoms with Gasteiger partial charge in [-0.3, -0.25) is 33.7 Å². The quantitative estimate of drug-likeness (QED) is 0.0547. The Balaban J connectivity index is 0.991. The molecule has 21 nitrogen and oxygen atoms in total. The van der Waals surface area contributed by atoms with Crippen LogP contribution in [0.3, 0.4) is 0 Å². The lowest BCUT2D eigenvalue weighted by Gasteiger charge is -2.43. The van der Waals surface area contributed by atoms with Crippen molar-refractivity contribution in [3.63, 3.8) is 0 Å². The lowest BCUT2D eigenvalue weighted by molar-refractivity contribution is -0.922. The van der Waals surface area contributed by atoms with Crippen LogP contribution in [0.25, 0.3) is 11.2 Å². The minimum absolute atomic E-state index is 0.0701. The summed E-state index contributed by atoms with van der Waals surface area (Å²) < 4.78 is 6.34. The van der Waals surface area contributed by atoms with Crippen molar-refractivity contribution in [2.24, 2.45) is 5.92 Å². The molecule has 0 bridgehead atoms. The summed E-state index contributed by atoms with van der Waals surface area (Å²) in [4.78, 5) is 92.1. The highest BCUT2D eigenvalue weighted by atomic mass is 16.5. The summed E-state index contributed by atoms with van der Waals surface area (Å²) in [6, 6.07) is 4.10. The van der Waals surface area contributed by atoms with E-state index in [2.05, 4.69) is 46.5 Å². The third-order valence-electron chi connectivity index (χ3n) is 11.0. The van der Waals surface area contributed by atoms with Gasteiger partial charge in [0.15, 0.2) is 24.2 Å². The van der Waals surface area contributed by atoms with Crippen LogP contribution < -0.4 is 26.6 Å². The van der Waals surface area contributed by atoms with Gasteiger partial charge in [0.2, 0.25) is 17.7 Å². The highest BCUT2D eigenvalue weighted by Crippen LogP contribution is 2.27. The zero-order chi connectivity index (χ0) is 43.1.